The molecule has 0 heterocycles. The van der Waals surface area contributed by atoms with Gasteiger partial charge in [0.05, 0.1) is 6.26 Å². The molecule has 0 saturated carbocycles. The van der Waals surface area contributed by atoms with Crippen LogP contribution in [0.2, 0.25) is 0 Å². The van der Waals surface area contributed by atoms with E-state index >= 15 is 0 Å². The second-order valence-corrected chi connectivity index (χ2v) is 1.76. The molecule has 0 rings (SSSR count). The van der Waals surface area contributed by atoms with Gasteiger partial charge in [-0.2, -0.15) is 12.6 Å². The van der Waals surface area contributed by atoms with Crippen LogP contribution in [0.5, 0.6) is 0 Å². The highest BCUT2D eigenvalue weighted by molar-refractivity contribution is 7.80. The van der Waals surface area contributed by atoms with Gasteiger partial charge in [0.15, 0.2) is 0 Å². The van der Waals surface area contributed by atoms with Gasteiger partial charge in [0, 0.05) is 5.75 Å². The molecule has 0 aliphatic carbocycles. The van der Waals surface area contributed by atoms with E-state index in [1.165, 1.54) is 0 Å². The molecule has 0 aliphatic rings. The van der Waals surface area contributed by atoms with Gasteiger partial charge in [-0.25, -0.2) is 4.79 Å². The van der Waals surface area contributed by atoms with Crippen molar-refractivity contribution in [3.05, 3.63) is 12.8 Å². The van der Waals surface area contributed by atoms with Gasteiger partial charge in [-0.15, -0.1) is 0 Å². The summed E-state index contributed by atoms with van der Waals surface area (Å²) in [5.41, 5.74) is 5.20. The van der Waals surface area contributed by atoms with E-state index in [0.717, 1.165) is 6.26 Å². The highest BCUT2D eigenvalue weighted by atomic mass is 32.1. The number of esters is 1. The molecule has 52 valence electrons. The second-order valence-electron chi connectivity index (χ2n) is 1.39. The lowest BCUT2D eigenvalue weighted by Gasteiger charge is -2.03. The minimum absolute atomic E-state index is 0.284. The summed E-state index contributed by atoms with van der Waals surface area (Å²) in [4.78, 5) is 10.5. The summed E-state index contributed by atoms with van der Waals surface area (Å²) in [6, 6.07) is -0.647. The van der Waals surface area contributed by atoms with Crippen molar-refractivity contribution >= 4 is 18.6 Å². The number of nitrogens with two attached hydrogens (primary N) is 1. The Morgan fingerprint density at radius 3 is 2.89 bits per heavy atom. The van der Waals surface area contributed by atoms with E-state index in [1.54, 1.807) is 0 Å². The van der Waals surface area contributed by atoms with Crippen molar-refractivity contribution in [2.45, 2.75) is 6.04 Å². The Balaban J connectivity index is 3.58. The first-order chi connectivity index (χ1) is 4.22. The van der Waals surface area contributed by atoms with Crippen LogP contribution in [0.25, 0.3) is 0 Å². The van der Waals surface area contributed by atoms with Crippen LogP contribution in [0, 0.1) is 0 Å². The molecule has 0 aliphatic heterocycles. The van der Waals surface area contributed by atoms with Crippen LogP contribution in [0.4, 0.5) is 0 Å². The van der Waals surface area contributed by atoms with E-state index < -0.39 is 12.0 Å². The molecule has 0 saturated heterocycles. The van der Waals surface area contributed by atoms with Gasteiger partial charge in [-0.05, 0) is 0 Å². The maximum absolute atomic E-state index is 10.5. The third-order valence-electron chi connectivity index (χ3n) is 0.699. The van der Waals surface area contributed by atoms with Crippen molar-refractivity contribution < 1.29 is 9.53 Å². The average Bonchev–Trinajstić information content (AvgIpc) is 1.87. The zero-order valence-electron chi connectivity index (χ0n) is 4.91. The Morgan fingerprint density at radius 1 is 2.00 bits per heavy atom. The minimum Gasteiger partial charge on any atom is -0.434 e. The van der Waals surface area contributed by atoms with Crippen LogP contribution < -0.4 is 5.73 Å². The standard InChI is InChI=1S/C5H9NO2S/c1-2-8-5(7)4(6)3-9/h2,4,9H,1,3,6H2/t4-/m0/s1. The van der Waals surface area contributed by atoms with Crippen LogP contribution in [-0.2, 0) is 9.53 Å². The number of carbonyl (C=O) groups is 1. The van der Waals surface area contributed by atoms with Gasteiger partial charge in [0.25, 0.3) is 0 Å². The molecule has 0 bridgehead atoms. The monoisotopic (exact) mass is 147 g/mol. The molecule has 0 aromatic heterocycles. The zero-order valence-corrected chi connectivity index (χ0v) is 5.80. The first-order valence-corrected chi connectivity index (χ1v) is 3.03. The molecule has 0 radical (unpaired) electrons. The molecule has 1 atom stereocenters. The first kappa shape index (κ1) is 8.52. The Bertz CT molecular complexity index is 116. The smallest absolute Gasteiger partial charge is 0.328 e. The predicted octanol–water partition coefficient (Wildman–Crippen LogP) is -0.0698. The fourth-order valence-electron chi connectivity index (χ4n) is 0.244. The highest BCUT2D eigenvalue weighted by Crippen LogP contribution is 1.87. The molecule has 0 amide bonds. The lowest BCUT2D eigenvalue weighted by molar-refractivity contribution is -0.138. The molecular weight excluding hydrogens is 138 g/mol. The van der Waals surface area contributed by atoms with Crippen LogP contribution in [0.3, 0.4) is 0 Å². The van der Waals surface area contributed by atoms with Gasteiger partial charge in [-0.1, -0.05) is 6.58 Å². The molecule has 9 heavy (non-hydrogen) atoms. The zero-order chi connectivity index (χ0) is 7.28. The molecule has 0 fully saturated rings. The SMILES string of the molecule is C=COC(=O)[C@@H](N)CS. The van der Waals surface area contributed by atoms with Gasteiger partial charge in [0.2, 0.25) is 0 Å². The summed E-state index contributed by atoms with van der Waals surface area (Å²) in [6.07, 6.45) is 1.05. The van der Waals surface area contributed by atoms with E-state index in [-0.39, 0.29) is 5.75 Å². The van der Waals surface area contributed by atoms with Gasteiger partial charge >= 0.3 is 5.97 Å². The molecule has 3 nitrogen and oxygen atoms in total. The average molecular weight is 147 g/mol. The second kappa shape index (κ2) is 4.40. The lowest BCUT2D eigenvalue weighted by atomic mass is 10.4. The van der Waals surface area contributed by atoms with Gasteiger partial charge in [0.1, 0.15) is 6.04 Å². The molecule has 0 unspecified atom stereocenters. The van der Waals surface area contributed by atoms with Crippen LogP contribution >= 0.6 is 12.6 Å². The summed E-state index contributed by atoms with van der Waals surface area (Å²) < 4.78 is 4.35. The van der Waals surface area contributed by atoms with Crippen molar-refractivity contribution in [3.63, 3.8) is 0 Å². The summed E-state index contributed by atoms with van der Waals surface area (Å²) in [5.74, 6) is -0.216. The largest absolute Gasteiger partial charge is 0.434 e. The number of hydrogen-bond acceptors (Lipinski definition) is 4. The maximum Gasteiger partial charge on any atom is 0.328 e. The predicted molar refractivity (Wildman–Crippen MR) is 38.1 cm³/mol. The van der Waals surface area contributed by atoms with Crippen molar-refractivity contribution in [1.82, 2.24) is 0 Å². The summed E-state index contributed by atoms with van der Waals surface area (Å²) >= 11 is 3.79. The van der Waals surface area contributed by atoms with Crippen molar-refractivity contribution in [2.24, 2.45) is 5.73 Å². The Kier molecular flexibility index (Phi) is 4.17. The molecular formula is C5H9NO2S. The molecule has 2 N–H and O–H groups in total. The number of ether oxygens (including phenoxy) is 1. The fraction of sp³-hybridized carbons (Fsp3) is 0.400. The van der Waals surface area contributed by atoms with Crippen LogP contribution in [-0.4, -0.2) is 17.8 Å². The summed E-state index contributed by atoms with van der Waals surface area (Å²) in [7, 11) is 0. The van der Waals surface area contributed by atoms with Gasteiger partial charge < -0.3 is 10.5 Å². The fourth-order valence-corrected chi connectivity index (χ4v) is 0.393. The van der Waals surface area contributed by atoms with Gasteiger partial charge in [-0.3, -0.25) is 0 Å². The first-order valence-electron chi connectivity index (χ1n) is 2.40. The molecule has 0 spiro atoms. The normalized spacial score (nSPS) is 12.2. The van der Waals surface area contributed by atoms with E-state index in [2.05, 4.69) is 23.9 Å². The Morgan fingerprint density at radius 2 is 2.56 bits per heavy atom. The number of hydrogen-bond donors (Lipinski definition) is 2. The topological polar surface area (TPSA) is 52.3 Å². The van der Waals surface area contributed by atoms with E-state index in [1.807, 2.05) is 0 Å². The lowest BCUT2D eigenvalue weighted by Crippen LogP contribution is -2.32. The third kappa shape index (κ3) is 3.16. The van der Waals surface area contributed by atoms with Crippen LogP contribution in [0.1, 0.15) is 0 Å². The maximum atomic E-state index is 10.5. The number of thiol groups is 1. The summed E-state index contributed by atoms with van der Waals surface area (Å²) in [5, 5.41) is 0. The van der Waals surface area contributed by atoms with Crippen molar-refractivity contribution in [1.29, 1.82) is 0 Å². The van der Waals surface area contributed by atoms with Crippen LogP contribution in [0.15, 0.2) is 12.8 Å². The van der Waals surface area contributed by atoms with E-state index in [9.17, 15) is 4.79 Å². The molecule has 4 heteroatoms. The highest BCUT2D eigenvalue weighted by Gasteiger charge is 2.10. The molecule has 0 aromatic rings. The van der Waals surface area contributed by atoms with E-state index in [4.69, 9.17) is 5.73 Å². The summed E-state index contributed by atoms with van der Waals surface area (Å²) in [6.45, 7) is 3.19. The number of carbonyl (C=O) groups excluding carboxylic acids is 1. The third-order valence-corrected chi connectivity index (χ3v) is 1.09. The minimum atomic E-state index is -0.647. The van der Waals surface area contributed by atoms with Crippen molar-refractivity contribution in [3.8, 4) is 0 Å². The van der Waals surface area contributed by atoms with Crippen molar-refractivity contribution in [2.75, 3.05) is 5.75 Å². The number of rotatable bonds is 3. The quantitative estimate of drug-likeness (QED) is 0.334. The Hall–Kier alpha value is -0.480. The van der Waals surface area contributed by atoms with E-state index in [0.29, 0.717) is 0 Å². The Labute approximate surface area is 59.3 Å². The molecule has 0 aromatic carbocycles.